The summed E-state index contributed by atoms with van der Waals surface area (Å²) in [5.74, 6) is 9.29. The lowest BCUT2D eigenvalue weighted by molar-refractivity contribution is -0.137. The van der Waals surface area contributed by atoms with Crippen molar-refractivity contribution in [2.75, 3.05) is 0 Å². The summed E-state index contributed by atoms with van der Waals surface area (Å²) >= 11 is 1.54. The van der Waals surface area contributed by atoms with Crippen LogP contribution in [-0.2, 0) is 4.79 Å². The van der Waals surface area contributed by atoms with Crippen molar-refractivity contribution in [2.45, 2.75) is 26.3 Å². The smallest absolute Gasteiger partial charge is 0.266 e. The van der Waals surface area contributed by atoms with Crippen molar-refractivity contribution >= 4 is 23.2 Å². The lowest BCUT2D eigenvalue weighted by Gasteiger charge is -2.32. The van der Waals surface area contributed by atoms with E-state index < -0.39 is 29.7 Å². The second-order valence-corrected chi connectivity index (χ2v) is 7.37. The van der Waals surface area contributed by atoms with Gasteiger partial charge in [-0.25, -0.2) is 14.3 Å². The Morgan fingerprint density at radius 3 is 2.21 bits per heavy atom. The van der Waals surface area contributed by atoms with Gasteiger partial charge in [-0.05, 0) is 47.6 Å². The van der Waals surface area contributed by atoms with Crippen LogP contribution in [0.5, 0.6) is 0 Å². The van der Waals surface area contributed by atoms with Gasteiger partial charge >= 0.3 is 0 Å². The van der Waals surface area contributed by atoms with Crippen LogP contribution >= 0.6 is 11.3 Å². The molecule has 0 aliphatic heterocycles. The molecular weight excluding hydrogens is 398 g/mol. The zero-order valence-corrected chi connectivity index (χ0v) is 16.4. The first kappa shape index (κ1) is 22.1. The molecule has 2 amide bonds. The van der Waals surface area contributed by atoms with E-state index in [1.54, 1.807) is 12.1 Å². The van der Waals surface area contributed by atoms with Crippen LogP contribution in [0.1, 0.15) is 35.3 Å². The zero-order valence-electron chi connectivity index (χ0n) is 15.6. The molecule has 1 atom stereocenters. The zero-order chi connectivity index (χ0) is 21.4. The molecule has 3 N–H and O–H groups in total. The number of halogens is 2. The Bertz CT molecular complexity index is 979. The third-order valence-corrected chi connectivity index (χ3v) is 4.78. The minimum atomic E-state index is -2.90. The summed E-state index contributed by atoms with van der Waals surface area (Å²) in [7, 11) is 0. The average Bonchev–Trinajstić information content (AvgIpc) is 3.22. The van der Waals surface area contributed by atoms with Gasteiger partial charge in [0.25, 0.3) is 11.8 Å². The molecular formula is C21H18F2N2O3S. The third-order valence-electron chi connectivity index (χ3n) is 4.10. The highest BCUT2D eigenvalue weighted by Crippen LogP contribution is 2.29. The summed E-state index contributed by atoms with van der Waals surface area (Å²) in [6.45, 7) is 2.24. The van der Waals surface area contributed by atoms with Crippen LogP contribution in [0.4, 0.5) is 8.78 Å². The van der Waals surface area contributed by atoms with Crippen LogP contribution in [0.15, 0.2) is 41.1 Å². The number of hydroxylamine groups is 1. The van der Waals surface area contributed by atoms with Crippen molar-refractivity contribution in [3.8, 4) is 23.7 Å². The molecule has 5 nitrogen and oxygen atoms in total. The van der Waals surface area contributed by atoms with Gasteiger partial charge < -0.3 is 5.32 Å². The maximum atomic E-state index is 13.3. The summed E-state index contributed by atoms with van der Waals surface area (Å²) < 4.78 is 26.5. The molecule has 0 aliphatic rings. The maximum Gasteiger partial charge on any atom is 0.266 e. The standard InChI is InChI=1S/C21H18F2N2O3S/c1-21(2,20(22)23)17(19(27)25-28)24-18(26)16-9-7-14(8-10-16)5-3-4-6-15-11-12-29-13-15/h7-13,17,20,28H,1-2H3,(H,24,26)(H,25,27)/t17-/m1/s1. The van der Waals surface area contributed by atoms with E-state index in [-0.39, 0.29) is 5.56 Å². The number of amides is 2. The second-order valence-electron chi connectivity index (χ2n) is 6.59. The van der Waals surface area contributed by atoms with E-state index in [0.29, 0.717) is 5.56 Å². The van der Waals surface area contributed by atoms with Gasteiger partial charge in [0.1, 0.15) is 6.04 Å². The Labute approximate surface area is 171 Å². The highest BCUT2D eigenvalue weighted by molar-refractivity contribution is 7.08. The largest absolute Gasteiger partial charge is 0.339 e. The van der Waals surface area contributed by atoms with E-state index in [1.807, 2.05) is 16.8 Å². The third kappa shape index (κ3) is 5.89. The van der Waals surface area contributed by atoms with Crippen LogP contribution in [0.25, 0.3) is 0 Å². The van der Waals surface area contributed by atoms with E-state index in [4.69, 9.17) is 5.21 Å². The summed E-state index contributed by atoms with van der Waals surface area (Å²) in [6, 6.07) is 6.31. The molecule has 0 bridgehead atoms. The van der Waals surface area contributed by atoms with E-state index in [1.165, 1.54) is 28.9 Å². The first-order chi connectivity index (χ1) is 13.8. The molecule has 0 spiro atoms. The number of rotatable bonds is 5. The van der Waals surface area contributed by atoms with Gasteiger partial charge in [-0.15, -0.1) is 0 Å². The monoisotopic (exact) mass is 416 g/mol. The SMILES string of the molecule is CC(C)(C(F)F)[C@H](NC(=O)c1ccc(C#CC#Cc2ccsc2)cc1)C(=O)NO. The Morgan fingerprint density at radius 2 is 1.69 bits per heavy atom. The molecule has 0 fully saturated rings. The van der Waals surface area contributed by atoms with Crippen molar-refractivity contribution in [3.63, 3.8) is 0 Å². The average molecular weight is 416 g/mol. The van der Waals surface area contributed by atoms with Gasteiger partial charge in [0, 0.05) is 22.1 Å². The molecule has 0 aliphatic carbocycles. The van der Waals surface area contributed by atoms with Crippen molar-refractivity contribution < 1.29 is 23.6 Å². The molecule has 1 heterocycles. The molecule has 0 radical (unpaired) electrons. The van der Waals surface area contributed by atoms with Gasteiger partial charge in [0.2, 0.25) is 6.43 Å². The van der Waals surface area contributed by atoms with Gasteiger partial charge in [0.05, 0.1) is 5.41 Å². The quantitative estimate of drug-likeness (QED) is 0.398. The molecule has 2 rings (SSSR count). The number of carbonyl (C=O) groups is 2. The van der Waals surface area contributed by atoms with Crippen LogP contribution in [-0.4, -0.2) is 29.5 Å². The van der Waals surface area contributed by atoms with E-state index in [9.17, 15) is 18.4 Å². The molecule has 2 aromatic rings. The fourth-order valence-electron chi connectivity index (χ4n) is 2.24. The number of thiophene rings is 1. The fraction of sp³-hybridized carbons (Fsp3) is 0.238. The predicted octanol–water partition coefficient (Wildman–Crippen LogP) is 3.05. The van der Waals surface area contributed by atoms with Crippen molar-refractivity contribution in [2.24, 2.45) is 5.41 Å². The molecule has 8 heteroatoms. The van der Waals surface area contributed by atoms with Gasteiger partial charge in [-0.3, -0.25) is 14.8 Å². The fourth-order valence-corrected chi connectivity index (χ4v) is 2.83. The normalized spacial score (nSPS) is 11.5. The first-order valence-corrected chi connectivity index (χ1v) is 9.37. The van der Waals surface area contributed by atoms with Crippen LogP contribution < -0.4 is 10.8 Å². The highest BCUT2D eigenvalue weighted by atomic mass is 32.1. The number of hydrogen-bond donors (Lipinski definition) is 3. The van der Waals surface area contributed by atoms with Crippen LogP contribution in [0.2, 0.25) is 0 Å². The predicted molar refractivity (Wildman–Crippen MR) is 105 cm³/mol. The Kier molecular flexibility index (Phi) is 7.49. The van der Waals surface area contributed by atoms with Crippen molar-refractivity contribution in [3.05, 3.63) is 57.8 Å². The van der Waals surface area contributed by atoms with Gasteiger partial charge in [-0.1, -0.05) is 25.7 Å². The number of alkyl halides is 2. The minimum absolute atomic E-state index is 0.153. The van der Waals surface area contributed by atoms with E-state index >= 15 is 0 Å². The van der Waals surface area contributed by atoms with Crippen molar-refractivity contribution in [1.82, 2.24) is 10.8 Å². The molecule has 150 valence electrons. The molecule has 1 aromatic carbocycles. The second kappa shape index (κ2) is 9.83. The summed E-state index contributed by atoms with van der Waals surface area (Å²) in [4.78, 5) is 24.1. The number of benzene rings is 1. The first-order valence-electron chi connectivity index (χ1n) is 8.43. The number of nitrogens with one attached hydrogen (secondary N) is 2. The number of carbonyl (C=O) groups excluding carboxylic acids is 2. The Balaban J connectivity index is 2.10. The van der Waals surface area contributed by atoms with Gasteiger partial charge in [-0.2, -0.15) is 11.3 Å². The molecule has 0 unspecified atom stereocenters. The van der Waals surface area contributed by atoms with Gasteiger partial charge in [0.15, 0.2) is 0 Å². The minimum Gasteiger partial charge on any atom is -0.339 e. The summed E-state index contributed by atoms with van der Waals surface area (Å²) in [6.07, 6.45) is -2.90. The topological polar surface area (TPSA) is 78.4 Å². The van der Waals surface area contributed by atoms with Crippen LogP contribution in [0.3, 0.4) is 0 Å². The van der Waals surface area contributed by atoms with E-state index in [2.05, 4.69) is 29.0 Å². The molecule has 0 saturated heterocycles. The molecule has 0 saturated carbocycles. The summed E-state index contributed by atoms with van der Waals surface area (Å²) in [5, 5.41) is 14.9. The lowest BCUT2D eigenvalue weighted by Crippen LogP contribution is -2.56. The summed E-state index contributed by atoms with van der Waals surface area (Å²) in [5.41, 5.74) is 1.06. The lowest BCUT2D eigenvalue weighted by atomic mass is 9.84. The number of hydrogen-bond acceptors (Lipinski definition) is 4. The molecule has 1 aromatic heterocycles. The maximum absolute atomic E-state index is 13.3. The molecule has 29 heavy (non-hydrogen) atoms. The van der Waals surface area contributed by atoms with Crippen LogP contribution in [0, 0.1) is 29.1 Å². The Hall–Kier alpha value is -3.20. The highest BCUT2D eigenvalue weighted by Gasteiger charge is 2.43. The van der Waals surface area contributed by atoms with E-state index in [0.717, 1.165) is 19.4 Å². The Morgan fingerprint density at radius 1 is 1.07 bits per heavy atom. The van der Waals surface area contributed by atoms with Crippen molar-refractivity contribution in [1.29, 1.82) is 0 Å².